The Hall–Kier alpha value is -2.08. The second-order valence-electron chi connectivity index (χ2n) is 7.11. The Bertz CT molecular complexity index is 567. The van der Waals surface area contributed by atoms with E-state index in [1.54, 1.807) is 20.8 Å². The average Bonchev–Trinajstić information content (AvgIpc) is 2.51. The smallest absolute Gasteiger partial charge is 0.407 e. The molecule has 1 aromatic carbocycles. The van der Waals surface area contributed by atoms with Crippen molar-refractivity contribution in [3.8, 4) is 0 Å². The predicted octanol–water partition coefficient (Wildman–Crippen LogP) is 2.67. The molecule has 0 fully saturated rings. The molecule has 6 heteroatoms. The summed E-state index contributed by atoms with van der Waals surface area (Å²) in [6.45, 7) is 10.1. The number of alkyl carbamates (subject to hydrolysis) is 1. The SMILES string of the molecule is CCN(C)Cc1cccc(CNC(=O)CCNC(=O)OC(C)(C)C)c1. The van der Waals surface area contributed by atoms with Gasteiger partial charge in [0.25, 0.3) is 0 Å². The second kappa shape index (κ2) is 10.0. The number of ether oxygens (including phenoxy) is 1. The molecular formula is C19H31N3O3. The molecule has 0 aliphatic rings. The van der Waals surface area contributed by atoms with Gasteiger partial charge in [-0.3, -0.25) is 4.79 Å². The van der Waals surface area contributed by atoms with Gasteiger partial charge in [-0.15, -0.1) is 0 Å². The van der Waals surface area contributed by atoms with Crippen molar-refractivity contribution >= 4 is 12.0 Å². The van der Waals surface area contributed by atoms with Crippen LogP contribution in [0.5, 0.6) is 0 Å². The summed E-state index contributed by atoms with van der Waals surface area (Å²) in [5.74, 6) is -0.105. The van der Waals surface area contributed by atoms with E-state index in [0.29, 0.717) is 6.54 Å². The molecule has 2 N–H and O–H groups in total. The van der Waals surface area contributed by atoms with Crippen LogP contribution in [0, 0.1) is 0 Å². The molecule has 0 saturated heterocycles. The van der Waals surface area contributed by atoms with Gasteiger partial charge in [0.1, 0.15) is 5.60 Å². The van der Waals surface area contributed by atoms with E-state index in [0.717, 1.165) is 18.7 Å². The van der Waals surface area contributed by atoms with Crippen molar-refractivity contribution in [2.75, 3.05) is 20.1 Å². The molecule has 0 atom stereocenters. The Morgan fingerprint density at radius 1 is 1.16 bits per heavy atom. The summed E-state index contributed by atoms with van der Waals surface area (Å²) in [6.07, 6.45) is -0.287. The number of carbonyl (C=O) groups excluding carboxylic acids is 2. The lowest BCUT2D eigenvalue weighted by Crippen LogP contribution is -2.35. The van der Waals surface area contributed by atoms with Gasteiger partial charge < -0.3 is 20.3 Å². The lowest BCUT2D eigenvalue weighted by molar-refractivity contribution is -0.121. The molecule has 0 aliphatic heterocycles. The van der Waals surface area contributed by atoms with Crippen molar-refractivity contribution in [1.29, 1.82) is 0 Å². The summed E-state index contributed by atoms with van der Waals surface area (Å²) in [5, 5.41) is 5.45. The highest BCUT2D eigenvalue weighted by Gasteiger charge is 2.15. The highest BCUT2D eigenvalue weighted by molar-refractivity contribution is 5.77. The van der Waals surface area contributed by atoms with Crippen molar-refractivity contribution in [2.45, 2.75) is 52.8 Å². The van der Waals surface area contributed by atoms with E-state index >= 15 is 0 Å². The van der Waals surface area contributed by atoms with Crippen LogP contribution in [0.25, 0.3) is 0 Å². The van der Waals surface area contributed by atoms with Gasteiger partial charge in [0.05, 0.1) is 0 Å². The topological polar surface area (TPSA) is 70.7 Å². The summed E-state index contributed by atoms with van der Waals surface area (Å²) in [5.41, 5.74) is 1.75. The van der Waals surface area contributed by atoms with Crippen molar-refractivity contribution < 1.29 is 14.3 Å². The Labute approximate surface area is 150 Å². The zero-order valence-electron chi connectivity index (χ0n) is 16.0. The van der Waals surface area contributed by atoms with E-state index in [-0.39, 0.29) is 18.9 Å². The molecule has 0 heterocycles. The molecule has 0 aliphatic carbocycles. The lowest BCUT2D eigenvalue weighted by atomic mass is 10.1. The number of benzene rings is 1. The molecule has 2 amide bonds. The first kappa shape index (κ1) is 21.0. The van der Waals surface area contributed by atoms with Crippen LogP contribution in [0.2, 0.25) is 0 Å². The van der Waals surface area contributed by atoms with Gasteiger partial charge in [-0.1, -0.05) is 31.2 Å². The molecule has 0 aromatic heterocycles. The third-order valence-corrected chi connectivity index (χ3v) is 3.49. The van der Waals surface area contributed by atoms with Gasteiger partial charge in [0, 0.05) is 26.1 Å². The van der Waals surface area contributed by atoms with Crippen molar-refractivity contribution in [2.24, 2.45) is 0 Å². The number of nitrogens with one attached hydrogen (secondary N) is 2. The standard InChI is InChI=1S/C19H31N3O3/c1-6-22(5)14-16-9-7-8-15(12-16)13-21-17(23)10-11-20-18(24)25-19(2,3)4/h7-9,12H,6,10-11,13-14H2,1-5H3,(H,20,24)(H,21,23). The van der Waals surface area contributed by atoms with Crippen LogP contribution in [0.4, 0.5) is 4.79 Å². The minimum absolute atomic E-state index is 0.105. The Balaban J connectivity index is 2.32. The van der Waals surface area contributed by atoms with Crippen LogP contribution in [0.3, 0.4) is 0 Å². The zero-order valence-corrected chi connectivity index (χ0v) is 16.0. The summed E-state index contributed by atoms with van der Waals surface area (Å²) >= 11 is 0. The molecule has 1 rings (SSSR count). The first-order chi connectivity index (χ1) is 11.7. The third kappa shape index (κ3) is 9.72. The molecule has 1 aromatic rings. The molecule has 0 spiro atoms. The van der Waals surface area contributed by atoms with E-state index in [1.807, 2.05) is 12.1 Å². The van der Waals surface area contributed by atoms with Gasteiger partial charge in [0.2, 0.25) is 5.91 Å². The quantitative estimate of drug-likeness (QED) is 0.757. The van der Waals surface area contributed by atoms with E-state index in [4.69, 9.17) is 4.74 Å². The fourth-order valence-corrected chi connectivity index (χ4v) is 2.14. The first-order valence-corrected chi connectivity index (χ1v) is 8.69. The Morgan fingerprint density at radius 2 is 1.84 bits per heavy atom. The van der Waals surface area contributed by atoms with Crippen molar-refractivity contribution in [3.05, 3.63) is 35.4 Å². The molecular weight excluding hydrogens is 318 g/mol. The summed E-state index contributed by atoms with van der Waals surface area (Å²) < 4.78 is 5.12. The van der Waals surface area contributed by atoms with E-state index in [2.05, 4.69) is 41.6 Å². The molecule has 6 nitrogen and oxygen atoms in total. The highest BCUT2D eigenvalue weighted by Crippen LogP contribution is 2.08. The van der Waals surface area contributed by atoms with Gasteiger partial charge in [-0.2, -0.15) is 0 Å². The van der Waals surface area contributed by atoms with Crippen LogP contribution < -0.4 is 10.6 Å². The fourth-order valence-electron chi connectivity index (χ4n) is 2.14. The van der Waals surface area contributed by atoms with Gasteiger partial charge in [-0.05, 0) is 45.5 Å². The monoisotopic (exact) mass is 349 g/mol. The lowest BCUT2D eigenvalue weighted by Gasteiger charge is -2.19. The maximum absolute atomic E-state index is 11.9. The Kier molecular flexibility index (Phi) is 8.41. The Morgan fingerprint density at radius 3 is 2.48 bits per heavy atom. The van der Waals surface area contributed by atoms with E-state index in [1.165, 1.54) is 5.56 Å². The fraction of sp³-hybridized carbons (Fsp3) is 0.579. The van der Waals surface area contributed by atoms with E-state index in [9.17, 15) is 9.59 Å². The van der Waals surface area contributed by atoms with Crippen LogP contribution in [0.1, 0.15) is 45.2 Å². The average molecular weight is 349 g/mol. The number of carbonyl (C=O) groups is 2. The summed E-state index contributed by atoms with van der Waals surface area (Å²) in [4.78, 5) is 25.6. The van der Waals surface area contributed by atoms with Crippen LogP contribution >= 0.6 is 0 Å². The van der Waals surface area contributed by atoms with Crippen LogP contribution in [0.15, 0.2) is 24.3 Å². The second-order valence-corrected chi connectivity index (χ2v) is 7.11. The minimum atomic E-state index is -0.538. The number of nitrogens with zero attached hydrogens (tertiary/aromatic N) is 1. The number of rotatable bonds is 8. The zero-order chi connectivity index (χ0) is 18.9. The largest absolute Gasteiger partial charge is 0.444 e. The van der Waals surface area contributed by atoms with Crippen molar-refractivity contribution in [1.82, 2.24) is 15.5 Å². The maximum Gasteiger partial charge on any atom is 0.407 e. The third-order valence-electron chi connectivity index (χ3n) is 3.49. The minimum Gasteiger partial charge on any atom is -0.444 e. The molecule has 0 saturated carbocycles. The van der Waals surface area contributed by atoms with Crippen molar-refractivity contribution in [3.63, 3.8) is 0 Å². The highest BCUT2D eigenvalue weighted by atomic mass is 16.6. The molecule has 0 unspecified atom stereocenters. The number of hydrogen-bond acceptors (Lipinski definition) is 4. The molecule has 140 valence electrons. The van der Waals surface area contributed by atoms with Gasteiger partial charge in [0.15, 0.2) is 0 Å². The van der Waals surface area contributed by atoms with E-state index < -0.39 is 11.7 Å². The predicted molar refractivity (Wildman–Crippen MR) is 99.2 cm³/mol. The number of amides is 2. The number of hydrogen-bond donors (Lipinski definition) is 2. The van der Waals surface area contributed by atoms with Crippen LogP contribution in [-0.4, -0.2) is 42.6 Å². The molecule has 25 heavy (non-hydrogen) atoms. The summed E-state index contributed by atoms with van der Waals surface area (Å²) in [7, 11) is 2.08. The maximum atomic E-state index is 11.9. The van der Waals surface area contributed by atoms with Crippen LogP contribution in [-0.2, 0) is 22.6 Å². The van der Waals surface area contributed by atoms with Gasteiger partial charge in [-0.25, -0.2) is 4.79 Å². The molecule has 0 bridgehead atoms. The summed E-state index contributed by atoms with van der Waals surface area (Å²) in [6, 6.07) is 8.19. The normalized spacial score (nSPS) is 11.3. The molecule has 0 radical (unpaired) electrons. The van der Waals surface area contributed by atoms with Gasteiger partial charge >= 0.3 is 6.09 Å². The first-order valence-electron chi connectivity index (χ1n) is 8.69.